The normalized spacial score (nSPS) is 10.7. The first-order chi connectivity index (χ1) is 8.06. The molecule has 0 aliphatic carbocycles. The van der Waals surface area contributed by atoms with Crippen LogP contribution in [-0.2, 0) is 7.05 Å². The van der Waals surface area contributed by atoms with Crippen LogP contribution in [0.5, 0.6) is 5.75 Å². The van der Waals surface area contributed by atoms with Crippen molar-refractivity contribution in [2.75, 3.05) is 5.88 Å². The standard InChI is InChI=1S/C12H10ClNO3/c1-14-11(17)5-3-8-7(10(16)6-13)2-4-9(15)12(8)14/h2-5,15H,6H2,1H3. The van der Waals surface area contributed by atoms with Gasteiger partial charge in [-0.1, -0.05) is 0 Å². The third-order valence-electron chi connectivity index (χ3n) is 2.68. The molecule has 17 heavy (non-hydrogen) atoms. The van der Waals surface area contributed by atoms with Gasteiger partial charge in [0, 0.05) is 24.1 Å². The minimum Gasteiger partial charge on any atom is -0.506 e. The van der Waals surface area contributed by atoms with E-state index in [-0.39, 0.29) is 23.0 Å². The Morgan fingerprint density at radius 1 is 1.35 bits per heavy atom. The number of hydrogen-bond acceptors (Lipinski definition) is 3. The van der Waals surface area contributed by atoms with E-state index >= 15 is 0 Å². The summed E-state index contributed by atoms with van der Waals surface area (Å²) < 4.78 is 1.30. The predicted octanol–water partition coefficient (Wildman–Crippen LogP) is 1.67. The molecule has 0 saturated heterocycles. The van der Waals surface area contributed by atoms with E-state index < -0.39 is 0 Å². The van der Waals surface area contributed by atoms with E-state index in [1.165, 1.54) is 28.8 Å². The Hall–Kier alpha value is -1.81. The summed E-state index contributed by atoms with van der Waals surface area (Å²) >= 11 is 5.52. The molecule has 0 aliphatic heterocycles. The number of halogens is 1. The van der Waals surface area contributed by atoms with Gasteiger partial charge in [0.25, 0.3) is 5.56 Å². The number of phenols is 1. The van der Waals surface area contributed by atoms with Crippen LogP contribution in [0.1, 0.15) is 10.4 Å². The number of phenolic OH excluding ortho intramolecular Hbond substituents is 1. The molecule has 0 amide bonds. The maximum absolute atomic E-state index is 11.6. The topological polar surface area (TPSA) is 59.3 Å². The molecule has 4 nitrogen and oxygen atoms in total. The Morgan fingerprint density at radius 3 is 2.71 bits per heavy atom. The molecule has 1 aromatic carbocycles. The molecule has 88 valence electrons. The van der Waals surface area contributed by atoms with Gasteiger partial charge in [-0.3, -0.25) is 9.59 Å². The van der Waals surface area contributed by atoms with Crippen LogP contribution in [0.4, 0.5) is 0 Å². The first-order valence-corrected chi connectivity index (χ1v) is 5.50. The number of alkyl halides is 1. The Kier molecular flexibility index (Phi) is 2.90. The van der Waals surface area contributed by atoms with E-state index in [0.29, 0.717) is 16.5 Å². The number of carbonyl (C=O) groups is 1. The molecule has 2 rings (SSSR count). The molecule has 0 aliphatic rings. The molecule has 0 fully saturated rings. The molecule has 0 bridgehead atoms. The van der Waals surface area contributed by atoms with Crippen LogP contribution < -0.4 is 5.56 Å². The molecule has 1 N–H and O–H groups in total. The van der Waals surface area contributed by atoms with Gasteiger partial charge in [0.05, 0.1) is 11.4 Å². The van der Waals surface area contributed by atoms with E-state index in [0.717, 1.165) is 0 Å². The molecule has 1 aromatic heterocycles. The van der Waals surface area contributed by atoms with Crippen molar-refractivity contribution in [1.29, 1.82) is 0 Å². The number of Topliss-reactive ketones (excluding diaryl/α,β-unsaturated/α-hetero) is 1. The third kappa shape index (κ3) is 1.80. The molecule has 0 unspecified atom stereocenters. The zero-order valence-corrected chi connectivity index (χ0v) is 9.86. The second-order valence-electron chi connectivity index (χ2n) is 3.68. The fraction of sp³-hybridized carbons (Fsp3) is 0.167. The van der Waals surface area contributed by atoms with E-state index in [1.807, 2.05) is 0 Å². The number of pyridine rings is 1. The monoisotopic (exact) mass is 251 g/mol. The van der Waals surface area contributed by atoms with E-state index in [1.54, 1.807) is 7.05 Å². The zero-order valence-electron chi connectivity index (χ0n) is 9.11. The molecule has 1 heterocycles. The van der Waals surface area contributed by atoms with Crippen LogP contribution >= 0.6 is 11.6 Å². The maximum atomic E-state index is 11.6. The molecule has 0 saturated carbocycles. The third-order valence-corrected chi connectivity index (χ3v) is 2.92. The maximum Gasteiger partial charge on any atom is 0.250 e. The van der Waals surface area contributed by atoms with Crippen molar-refractivity contribution >= 4 is 28.3 Å². The lowest BCUT2D eigenvalue weighted by molar-refractivity contribution is 0.102. The summed E-state index contributed by atoms with van der Waals surface area (Å²) in [6.07, 6.45) is 0. The summed E-state index contributed by atoms with van der Waals surface area (Å²) in [5.41, 5.74) is 0.500. The van der Waals surface area contributed by atoms with E-state index in [4.69, 9.17) is 11.6 Å². The summed E-state index contributed by atoms with van der Waals surface area (Å²) in [6.45, 7) is 0. The minimum atomic E-state index is -0.247. The highest BCUT2D eigenvalue weighted by Crippen LogP contribution is 2.26. The number of benzene rings is 1. The van der Waals surface area contributed by atoms with Gasteiger partial charge < -0.3 is 9.67 Å². The summed E-state index contributed by atoms with van der Waals surface area (Å²) in [4.78, 5) is 23.1. The van der Waals surface area contributed by atoms with Gasteiger partial charge in [-0.25, -0.2) is 0 Å². The number of aromatic nitrogens is 1. The summed E-state index contributed by atoms with van der Waals surface area (Å²) in [7, 11) is 1.54. The highest BCUT2D eigenvalue weighted by Gasteiger charge is 2.13. The SMILES string of the molecule is Cn1c(=O)ccc2c(C(=O)CCl)ccc(O)c21. The van der Waals surface area contributed by atoms with Crippen molar-refractivity contribution in [3.05, 3.63) is 40.2 Å². The number of aromatic hydroxyl groups is 1. The van der Waals surface area contributed by atoms with Crippen molar-refractivity contribution in [3.8, 4) is 5.75 Å². The van der Waals surface area contributed by atoms with Crippen LogP contribution in [0, 0.1) is 0 Å². The fourth-order valence-electron chi connectivity index (χ4n) is 1.81. The highest BCUT2D eigenvalue weighted by atomic mass is 35.5. The second kappa shape index (κ2) is 4.22. The number of nitrogens with zero attached hydrogens (tertiary/aromatic N) is 1. The smallest absolute Gasteiger partial charge is 0.250 e. The van der Waals surface area contributed by atoms with Crippen molar-refractivity contribution in [2.45, 2.75) is 0 Å². The lowest BCUT2D eigenvalue weighted by atomic mass is 10.0. The van der Waals surface area contributed by atoms with Crippen LogP contribution in [-0.4, -0.2) is 21.3 Å². The van der Waals surface area contributed by atoms with Crippen molar-refractivity contribution in [2.24, 2.45) is 7.05 Å². The average Bonchev–Trinajstić information content (AvgIpc) is 2.33. The first kappa shape index (κ1) is 11.7. The quantitative estimate of drug-likeness (QED) is 0.652. The Balaban J connectivity index is 2.93. The van der Waals surface area contributed by atoms with Gasteiger partial charge >= 0.3 is 0 Å². The molecule has 5 heteroatoms. The highest BCUT2D eigenvalue weighted by molar-refractivity contribution is 6.32. The van der Waals surface area contributed by atoms with E-state index in [9.17, 15) is 14.7 Å². The largest absolute Gasteiger partial charge is 0.506 e. The van der Waals surface area contributed by atoms with Crippen LogP contribution in [0.3, 0.4) is 0 Å². The Bertz CT molecular complexity index is 661. The van der Waals surface area contributed by atoms with Gasteiger partial charge in [0.2, 0.25) is 0 Å². The minimum absolute atomic E-state index is 0.0358. The van der Waals surface area contributed by atoms with Gasteiger partial charge in [-0.15, -0.1) is 11.6 Å². The number of carbonyl (C=O) groups excluding carboxylic acids is 1. The zero-order chi connectivity index (χ0) is 12.6. The number of fused-ring (bicyclic) bond motifs is 1. The van der Waals surface area contributed by atoms with Gasteiger partial charge in [-0.2, -0.15) is 0 Å². The van der Waals surface area contributed by atoms with Gasteiger partial charge in [0.1, 0.15) is 5.75 Å². The predicted molar refractivity (Wildman–Crippen MR) is 65.9 cm³/mol. The lowest BCUT2D eigenvalue weighted by Crippen LogP contribution is -2.16. The molecular formula is C12H10ClNO3. The summed E-state index contributed by atoms with van der Waals surface area (Å²) in [5, 5.41) is 10.3. The second-order valence-corrected chi connectivity index (χ2v) is 3.95. The summed E-state index contributed by atoms with van der Waals surface area (Å²) in [6, 6.07) is 5.78. The first-order valence-electron chi connectivity index (χ1n) is 4.97. The molecule has 0 radical (unpaired) electrons. The lowest BCUT2D eigenvalue weighted by Gasteiger charge is -2.09. The number of ketones is 1. The molecular weight excluding hydrogens is 242 g/mol. The van der Waals surface area contributed by atoms with Gasteiger partial charge in [-0.05, 0) is 18.2 Å². The summed E-state index contributed by atoms with van der Waals surface area (Å²) in [5.74, 6) is -0.412. The van der Waals surface area contributed by atoms with Gasteiger partial charge in [0.15, 0.2) is 5.78 Å². The number of aryl methyl sites for hydroxylation is 1. The number of hydrogen-bond donors (Lipinski definition) is 1. The molecule has 0 atom stereocenters. The van der Waals surface area contributed by atoms with Crippen LogP contribution in [0.15, 0.2) is 29.1 Å². The van der Waals surface area contributed by atoms with Crippen LogP contribution in [0.25, 0.3) is 10.9 Å². The molecule has 2 aromatic rings. The van der Waals surface area contributed by atoms with E-state index in [2.05, 4.69) is 0 Å². The van der Waals surface area contributed by atoms with Crippen LogP contribution in [0.2, 0.25) is 0 Å². The van der Waals surface area contributed by atoms with Crippen molar-refractivity contribution < 1.29 is 9.90 Å². The van der Waals surface area contributed by atoms with Crippen molar-refractivity contribution in [1.82, 2.24) is 4.57 Å². The molecule has 0 spiro atoms. The fourth-order valence-corrected chi connectivity index (χ4v) is 1.95. The number of rotatable bonds is 2. The average molecular weight is 252 g/mol. The Labute approximate surface area is 102 Å². The van der Waals surface area contributed by atoms with Crippen molar-refractivity contribution in [3.63, 3.8) is 0 Å². The Morgan fingerprint density at radius 2 is 2.06 bits per heavy atom.